The number of aromatic nitrogens is 2. The highest BCUT2D eigenvalue weighted by molar-refractivity contribution is 5.74. The van der Waals surface area contributed by atoms with Gasteiger partial charge in [-0.25, -0.2) is 9.78 Å². The van der Waals surface area contributed by atoms with Gasteiger partial charge in [0.05, 0.1) is 6.33 Å². The Kier molecular flexibility index (Phi) is 6.81. The molecule has 0 fully saturated rings. The Bertz CT molecular complexity index is 608. The molecule has 6 nitrogen and oxygen atoms in total. The quantitative estimate of drug-likeness (QED) is 0.694. The first-order valence-corrected chi connectivity index (χ1v) is 8.27. The number of carbonyl (C=O) groups is 1. The number of aliphatic hydroxyl groups is 1. The number of nitrogens with zero attached hydrogens (tertiary/aromatic N) is 2. The molecule has 1 aromatic carbocycles. The summed E-state index contributed by atoms with van der Waals surface area (Å²) in [5.74, 6) is 0.283. The molecule has 0 aliphatic rings. The van der Waals surface area contributed by atoms with E-state index in [1.807, 2.05) is 36.7 Å². The third-order valence-corrected chi connectivity index (χ3v) is 3.96. The van der Waals surface area contributed by atoms with Crippen molar-refractivity contribution in [2.45, 2.75) is 39.4 Å². The number of aliphatic hydroxyl groups excluding tert-OH is 1. The molecule has 0 radical (unpaired) electrons. The van der Waals surface area contributed by atoms with E-state index >= 15 is 0 Å². The van der Waals surface area contributed by atoms with Crippen LogP contribution in [0.1, 0.15) is 31.4 Å². The first-order chi connectivity index (χ1) is 11.6. The molecule has 0 spiro atoms. The summed E-state index contributed by atoms with van der Waals surface area (Å²) in [5.41, 5.74) is 2.23. The minimum absolute atomic E-state index is 0.0208. The maximum atomic E-state index is 12.0. The van der Waals surface area contributed by atoms with Crippen LogP contribution in [0.5, 0.6) is 0 Å². The SMILES string of the molecule is CC(C)C(CCO)NC(=O)NCc1ccc(Cn2ccnc2)cc1. The lowest BCUT2D eigenvalue weighted by atomic mass is 10.0. The van der Waals surface area contributed by atoms with E-state index in [-0.39, 0.29) is 24.6 Å². The first kappa shape index (κ1) is 18.0. The van der Waals surface area contributed by atoms with Crippen molar-refractivity contribution < 1.29 is 9.90 Å². The van der Waals surface area contributed by atoms with Gasteiger partial charge >= 0.3 is 6.03 Å². The van der Waals surface area contributed by atoms with Gasteiger partial charge < -0.3 is 20.3 Å². The molecule has 1 unspecified atom stereocenters. The summed E-state index contributed by atoms with van der Waals surface area (Å²) >= 11 is 0. The van der Waals surface area contributed by atoms with Crippen molar-refractivity contribution in [1.29, 1.82) is 0 Å². The molecule has 6 heteroatoms. The molecule has 2 amide bonds. The zero-order valence-electron chi connectivity index (χ0n) is 14.3. The van der Waals surface area contributed by atoms with E-state index in [1.54, 1.807) is 12.5 Å². The number of carbonyl (C=O) groups excluding carboxylic acids is 1. The van der Waals surface area contributed by atoms with Crippen molar-refractivity contribution in [1.82, 2.24) is 20.2 Å². The van der Waals surface area contributed by atoms with Gasteiger partial charge in [0.1, 0.15) is 0 Å². The predicted molar refractivity (Wildman–Crippen MR) is 93.5 cm³/mol. The molecule has 24 heavy (non-hydrogen) atoms. The number of urea groups is 1. The fourth-order valence-electron chi connectivity index (χ4n) is 2.47. The van der Waals surface area contributed by atoms with Gasteiger partial charge in [0.15, 0.2) is 0 Å². The van der Waals surface area contributed by atoms with E-state index in [2.05, 4.69) is 27.8 Å². The standard InChI is InChI=1S/C18H26N4O2/c1-14(2)17(7-10-23)21-18(24)20-11-15-3-5-16(6-4-15)12-22-9-8-19-13-22/h3-6,8-9,13-14,17,23H,7,10-12H2,1-2H3,(H2,20,21,24). The monoisotopic (exact) mass is 330 g/mol. The molecule has 0 saturated heterocycles. The highest BCUT2D eigenvalue weighted by atomic mass is 16.3. The van der Waals surface area contributed by atoms with Crippen LogP contribution in [-0.2, 0) is 13.1 Å². The second kappa shape index (κ2) is 9.08. The van der Waals surface area contributed by atoms with Gasteiger partial charge in [-0.1, -0.05) is 38.1 Å². The largest absolute Gasteiger partial charge is 0.396 e. The molecule has 1 atom stereocenters. The molecule has 0 saturated carbocycles. The van der Waals surface area contributed by atoms with Gasteiger partial charge in [0.25, 0.3) is 0 Å². The minimum Gasteiger partial charge on any atom is -0.396 e. The molecule has 2 aromatic rings. The number of nitrogens with one attached hydrogen (secondary N) is 2. The Labute approximate surface area is 142 Å². The van der Waals surface area contributed by atoms with Crippen molar-refractivity contribution in [3.63, 3.8) is 0 Å². The summed E-state index contributed by atoms with van der Waals surface area (Å²) in [6.07, 6.45) is 6.04. The second-order valence-electron chi connectivity index (χ2n) is 6.24. The Morgan fingerprint density at radius 1 is 1.25 bits per heavy atom. The van der Waals surface area contributed by atoms with Crippen LogP contribution in [0.15, 0.2) is 43.0 Å². The van der Waals surface area contributed by atoms with Crippen LogP contribution < -0.4 is 10.6 Å². The van der Waals surface area contributed by atoms with Gasteiger partial charge in [-0.2, -0.15) is 0 Å². The maximum absolute atomic E-state index is 12.0. The van der Waals surface area contributed by atoms with Gasteiger partial charge in [0, 0.05) is 38.1 Å². The van der Waals surface area contributed by atoms with Crippen LogP contribution in [0.2, 0.25) is 0 Å². The molecule has 2 rings (SSSR count). The molecule has 3 N–H and O–H groups in total. The average Bonchev–Trinajstić information content (AvgIpc) is 3.07. The van der Waals surface area contributed by atoms with Crippen LogP contribution >= 0.6 is 0 Å². The van der Waals surface area contributed by atoms with Crippen LogP contribution in [0.4, 0.5) is 4.79 Å². The number of hydrogen-bond acceptors (Lipinski definition) is 3. The smallest absolute Gasteiger partial charge is 0.315 e. The second-order valence-corrected chi connectivity index (χ2v) is 6.24. The molecular formula is C18H26N4O2. The number of benzene rings is 1. The maximum Gasteiger partial charge on any atom is 0.315 e. The summed E-state index contributed by atoms with van der Waals surface area (Å²) < 4.78 is 2.01. The number of hydrogen-bond donors (Lipinski definition) is 3. The average molecular weight is 330 g/mol. The lowest BCUT2D eigenvalue weighted by molar-refractivity contribution is 0.218. The van der Waals surface area contributed by atoms with Crippen molar-refractivity contribution >= 4 is 6.03 Å². The first-order valence-electron chi connectivity index (χ1n) is 8.27. The van der Waals surface area contributed by atoms with Gasteiger partial charge in [0.2, 0.25) is 0 Å². The zero-order chi connectivity index (χ0) is 17.4. The van der Waals surface area contributed by atoms with E-state index in [0.717, 1.165) is 12.1 Å². The van der Waals surface area contributed by atoms with Crippen LogP contribution in [0, 0.1) is 5.92 Å². The number of amides is 2. The Morgan fingerprint density at radius 3 is 2.54 bits per heavy atom. The molecule has 1 aromatic heterocycles. The summed E-state index contributed by atoms with van der Waals surface area (Å²) in [6.45, 7) is 5.38. The Balaban J connectivity index is 1.80. The molecule has 0 aliphatic carbocycles. The highest BCUT2D eigenvalue weighted by Gasteiger charge is 2.15. The lowest BCUT2D eigenvalue weighted by Crippen LogP contribution is -2.44. The van der Waals surface area contributed by atoms with Crippen LogP contribution in [0.3, 0.4) is 0 Å². The Morgan fingerprint density at radius 2 is 1.96 bits per heavy atom. The lowest BCUT2D eigenvalue weighted by Gasteiger charge is -2.21. The molecule has 130 valence electrons. The van der Waals surface area contributed by atoms with E-state index in [4.69, 9.17) is 5.11 Å². The van der Waals surface area contributed by atoms with Gasteiger partial charge in [-0.15, -0.1) is 0 Å². The topological polar surface area (TPSA) is 79.2 Å². The predicted octanol–water partition coefficient (Wildman–Crippen LogP) is 2.14. The zero-order valence-corrected chi connectivity index (χ0v) is 14.3. The number of rotatable bonds is 8. The molecular weight excluding hydrogens is 304 g/mol. The fourth-order valence-corrected chi connectivity index (χ4v) is 2.47. The molecule has 0 aliphatic heterocycles. The van der Waals surface area contributed by atoms with Crippen molar-refractivity contribution in [3.8, 4) is 0 Å². The van der Waals surface area contributed by atoms with Crippen molar-refractivity contribution in [2.75, 3.05) is 6.61 Å². The van der Waals surface area contributed by atoms with Crippen LogP contribution in [-0.4, -0.2) is 33.3 Å². The molecule has 1 heterocycles. The summed E-state index contributed by atoms with van der Waals surface area (Å²) in [4.78, 5) is 16.0. The van der Waals surface area contributed by atoms with E-state index < -0.39 is 0 Å². The van der Waals surface area contributed by atoms with Gasteiger partial charge in [-0.05, 0) is 23.5 Å². The van der Waals surface area contributed by atoms with Crippen molar-refractivity contribution in [2.24, 2.45) is 5.92 Å². The van der Waals surface area contributed by atoms with E-state index in [0.29, 0.717) is 13.0 Å². The van der Waals surface area contributed by atoms with E-state index in [1.165, 1.54) is 5.56 Å². The third-order valence-electron chi connectivity index (χ3n) is 3.96. The summed E-state index contributed by atoms with van der Waals surface area (Å²) in [7, 11) is 0. The molecule has 0 bridgehead atoms. The third kappa shape index (κ3) is 5.70. The normalized spacial score (nSPS) is 12.2. The van der Waals surface area contributed by atoms with Gasteiger partial charge in [-0.3, -0.25) is 0 Å². The van der Waals surface area contributed by atoms with E-state index in [9.17, 15) is 4.79 Å². The van der Waals surface area contributed by atoms with Crippen LogP contribution in [0.25, 0.3) is 0 Å². The van der Waals surface area contributed by atoms with Crippen molar-refractivity contribution in [3.05, 3.63) is 54.1 Å². The summed E-state index contributed by atoms with van der Waals surface area (Å²) in [6, 6.07) is 7.91. The highest BCUT2D eigenvalue weighted by Crippen LogP contribution is 2.07. The fraction of sp³-hybridized carbons (Fsp3) is 0.444. The Hall–Kier alpha value is -2.34. The summed E-state index contributed by atoms with van der Waals surface area (Å²) in [5, 5.41) is 14.8. The number of imidazole rings is 1. The minimum atomic E-state index is -0.204.